The summed E-state index contributed by atoms with van der Waals surface area (Å²) in [4.78, 5) is 41.8. The third kappa shape index (κ3) is 4.87. The number of nitrogens with zero attached hydrogens (tertiary/aromatic N) is 2. The molecule has 0 saturated heterocycles. The fourth-order valence-corrected chi connectivity index (χ4v) is 3.28. The largest absolute Gasteiger partial charge is 0.495 e. The number of hydrogen-bond acceptors (Lipinski definition) is 5. The molecular weight excluding hydrogens is 427 g/mol. The minimum Gasteiger partial charge on any atom is -0.495 e. The van der Waals surface area contributed by atoms with Crippen molar-refractivity contribution in [3.63, 3.8) is 0 Å². The summed E-state index contributed by atoms with van der Waals surface area (Å²) in [7, 11) is 1.44. The molecule has 4 rings (SSSR count). The van der Waals surface area contributed by atoms with Crippen LogP contribution in [-0.2, 0) is 11.3 Å². The van der Waals surface area contributed by atoms with Gasteiger partial charge in [0.15, 0.2) is 0 Å². The van der Waals surface area contributed by atoms with E-state index in [1.54, 1.807) is 36.4 Å². The van der Waals surface area contributed by atoms with Gasteiger partial charge in [-0.25, -0.2) is 9.37 Å². The van der Waals surface area contributed by atoms with Crippen LogP contribution in [0.2, 0.25) is 0 Å². The van der Waals surface area contributed by atoms with Crippen molar-refractivity contribution in [2.75, 3.05) is 17.7 Å². The minimum absolute atomic E-state index is 0.134. The molecule has 166 valence electrons. The number of fused-ring (bicyclic) bond motifs is 1. The van der Waals surface area contributed by atoms with Crippen LogP contribution in [0.1, 0.15) is 10.4 Å². The molecule has 0 aliphatic rings. The molecule has 9 heteroatoms. The van der Waals surface area contributed by atoms with E-state index in [4.69, 9.17) is 4.74 Å². The van der Waals surface area contributed by atoms with E-state index in [0.29, 0.717) is 22.3 Å². The molecule has 1 heterocycles. The summed E-state index contributed by atoms with van der Waals surface area (Å²) in [5, 5.41) is 5.75. The zero-order valence-corrected chi connectivity index (χ0v) is 17.5. The summed E-state index contributed by atoms with van der Waals surface area (Å²) < 4.78 is 19.9. The fourth-order valence-electron chi connectivity index (χ4n) is 3.28. The number of amides is 2. The van der Waals surface area contributed by atoms with Gasteiger partial charge in [-0.2, -0.15) is 0 Å². The first-order chi connectivity index (χ1) is 15.9. The van der Waals surface area contributed by atoms with Crippen molar-refractivity contribution >= 4 is 34.1 Å². The first kappa shape index (κ1) is 21.7. The van der Waals surface area contributed by atoms with Crippen LogP contribution in [-0.4, -0.2) is 28.5 Å². The molecule has 0 saturated carbocycles. The van der Waals surface area contributed by atoms with E-state index in [0.717, 1.165) is 6.07 Å². The highest BCUT2D eigenvalue weighted by atomic mass is 19.1. The van der Waals surface area contributed by atoms with Crippen LogP contribution in [0.3, 0.4) is 0 Å². The SMILES string of the molecule is COc1ccc(NC(=O)Cn2cnc3ccccc3c2=O)cc1NC(=O)c1cccc(F)c1. The predicted octanol–water partition coefficient (Wildman–Crippen LogP) is 3.44. The number of hydrogen-bond donors (Lipinski definition) is 2. The van der Waals surface area contributed by atoms with E-state index in [9.17, 15) is 18.8 Å². The Morgan fingerprint density at radius 2 is 1.85 bits per heavy atom. The van der Waals surface area contributed by atoms with Crippen LogP contribution in [0, 0.1) is 5.82 Å². The lowest BCUT2D eigenvalue weighted by atomic mass is 10.2. The molecular formula is C24H19FN4O4. The summed E-state index contributed by atoms with van der Waals surface area (Å²) in [6.07, 6.45) is 1.32. The van der Waals surface area contributed by atoms with Crippen molar-refractivity contribution in [3.8, 4) is 5.75 Å². The number of carbonyl (C=O) groups excluding carboxylic acids is 2. The maximum Gasteiger partial charge on any atom is 0.261 e. The molecule has 0 spiro atoms. The lowest BCUT2D eigenvalue weighted by Gasteiger charge is -2.13. The van der Waals surface area contributed by atoms with Gasteiger partial charge in [-0.15, -0.1) is 0 Å². The number of halogens is 1. The lowest BCUT2D eigenvalue weighted by molar-refractivity contribution is -0.116. The van der Waals surface area contributed by atoms with Crippen molar-refractivity contribution in [3.05, 3.63) is 94.8 Å². The molecule has 4 aromatic rings. The Labute approximate surface area is 187 Å². The van der Waals surface area contributed by atoms with E-state index in [-0.39, 0.29) is 23.4 Å². The topological polar surface area (TPSA) is 102 Å². The van der Waals surface area contributed by atoms with Crippen molar-refractivity contribution in [2.45, 2.75) is 6.54 Å². The number of methoxy groups -OCH3 is 1. The van der Waals surface area contributed by atoms with Crippen LogP contribution in [0.4, 0.5) is 15.8 Å². The number of nitrogens with one attached hydrogen (secondary N) is 2. The van der Waals surface area contributed by atoms with E-state index in [1.807, 2.05) is 0 Å². The number of anilines is 2. The predicted molar refractivity (Wildman–Crippen MR) is 122 cm³/mol. The molecule has 0 aliphatic carbocycles. The molecule has 8 nitrogen and oxygen atoms in total. The fraction of sp³-hybridized carbons (Fsp3) is 0.0833. The van der Waals surface area contributed by atoms with Gasteiger partial charge in [-0.05, 0) is 48.5 Å². The summed E-state index contributed by atoms with van der Waals surface area (Å²) >= 11 is 0. The zero-order chi connectivity index (χ0) is 23.4. The van der Waals surface area contributed by atoms with Gasteiger partial charge in [-0.3, -0.25) is 19.0 Å². The summed E-state index contributed by atoms with van der Waals surface area (Å²) in [6.45, 7) is -0.242. The Hall–Kier alpha value is -4.53. The van der Waals surface area contributed by atoms with E-state index >= 15 is 0 Å². The van der Waals surface area contributed by atoms with Crippen LogP contribution < -0.4 is 20.9 Å². The Morgan fingerprint density at radius 3 is 2.64 bits per heavy atom. The smallest absolute Gasteiger partial charge is 0.261 e. The van der Waals surface area contributed by atoms with Crippen LogP contribution in [0.25, 0.3) is 10.9 Å². The Kier molecular flexibility index (Phi) is 6.12. The molecule has 2 amide bonds. The molecule has 2 N–H and O–H groups in total. The lowest BCUT2D eigenvalue weighted by Crippen LogP contribution is -2.27. The average molecular weight is 446 g/mol. The minimum atomic E-state index is -0.537. The molecule has 3 aromatic carbocycles. The Morgan fingerprint density at radius 1 is 1.03 bits per heavy atom. The average Bonchev–Trinajstić information content (AvgIpc) is 2.81. The van der Waals surface area contributed by atoms with Gasteiger partial charge < -0.3 is 15.4 Å². The number of aromatic nitrogens is 2. The van der Waals surface area contributed by atoms with Crippen molar-refractivity contribution in [1.82, 2.24) is 9.55 Å². The van der Waals surface area contributed by atoms with E-state index < -0.39 is 17.6 Å². The second-order valence-corrected chi connectivity index (χ2v) is 7.12. The van der Waals surface area contributed by atoms with E-state index in [1.165, 1.54) is 42.3 Å². The summed E-state index contributed by atoms with van der Waals surface area (Å²) in [5.74, 6) is -1.17. The Balaban J connectivity index is 1.51. The van der Waals surface area contributed by atoms with Crippen LogP contribution >= 0.6 is 0 Å². The summed E-state index contributed by atoms with van der Waals surface area (Å²) in [5.41, 5.74) is 1.02. The number of carbonyl (C=O) groups is 2. The number of rotatable bonds is 6. The van der Waals surface area contributed by atoms with Gasteiger partial charge in [0.1, 0.15) is 18.1 Å². The first-order valence-corrected chi connectivity index (χ1v) is 9.93. The van der Waals surface area contributed by atoms with Crippen LogP contribution in [0.5, 0.6) is 5.75 Å². The van der Waals surface area contributed by atoms with Crippen molar-refractivity contribution in [2.24, 2.45) is 0 Å². The normalized spacial score (nSPS) is 10.6. The number of para-hydroxylation sites is 1. The third-order valence-corrected chi connectivity index (χ3v) is 4.86. The molecule has 0 fully saturated rings. The molecule has 1 aromatic heterocycles. The van der Waals surface area contributed by atoms with E-state index in [2.05, 4.69) is 15.6 Å². The number of ether oxygens (including phenoxy) is 1. The first-order valence-electron chi connectivity index (χ1n) is 9.93. The molecule has 0 atom stereocenters. The van der Waals surface area contributed by atoms with Crippen LogP contribution in [0.15, 0.2) is 77.9 Å². The molecule has 0 bridgehead atoms. The highest BCUT2D eigenvalue weighted by molar-refractivity contribution is 6.05. The number of benzene rings is 3. The maximum atomic E-state index is 13.4. The van der Waals surface area contributed by atoms with Gasteiger partial charge in [0.2, 0.25) is 5.91 Å². The van der Waals surface area contributed by atoms with Crippen molar-refractivity contribution < 1.29 is 18.7 Å². The monoisotopic (exact) mass is 446 g/mol. The Bertz CT molecular complexity index is 1420. The highest BCUT2D eigenvalue weighted by Crippen LogP contribution is 2.28. The van der Waals surface area contributed by atoms with Gasteiger partial charge in [-0.1, -0.05) is 18.2 Å². The standard InChI is InChI=1S/C24H19FN4O4/c1-33-21-10-9-17(12-20(21)28-23(31)15-5-4-6-16(25)11-15)27-22(30)13-29-14-26-19-8-3-2-7-18(19)24(29)32/h2-12,14H,13H2,1H3,(H,27,30)(H,28,31). The van der Waals surface area contributed by atoms with Gasteiger partial charge in [0.05, 0.1) is 30.0 Å². The maximum absolute atomic E-state index is 13.4. The second kappa shape index (κ2) is 9.31. The molecule has 33 heavy (non-hydrogen) atoms. The molecule has 0 unspecified atom stereocenters. The third-order valence-electron chi connectivity index (χ3n) is 4.86. The van der Waals surface area contributed by atoms with Gasteiger partial charge in [0.25, 0.3) is 11.5 Å². The summed E-state index contributed by atoms with van der Waals surface area (Å²) in [6, 6.07) is 16.8. The molecule has 0 radical (unpaired) electrons. The molecule has 0 aliphatic heterocycles. The zero-order valence-electron chi connectivity index (χ0n) is 17.5. The second-order valence-electron chi connectivity index (χ2n) is 7.12. The van der Waals surface area contributed by atoms with Gasteiger partial charge >= 0.3 is 0 Å². The quantitative estimate of drug-likeness (QED) is 0.472. The highest BCUT2D eigenvalue weighted by Gasteiger charge is 2.13. The van der Waals surface area contributed by atoms with Gasteiger partial charge in [0, 0.05) is 11.3 Å². The van der Waals surface area contributed by atoms with Crippen molar-refractivity contribution in [1.29, 1.82) is 0 Å².